The van der Waals surface area contributed by atoms with Crippen LogP contribution in [0, 0.1) is 0 Å². The van der Waals surface area contributed by atoms with Crippen molar-refractivity contribution in [2.45, 2.75) is 25.5 Å². The van der Waals surface area contributed by atoms with E-state index in [-0.39, 0.29) is 12.1 Å². The summed E-state index contributed by atoms with van der Waals surface area (Å²) in [5.74, 6) is 1.08. The van der Waals surface area contributed by atoms with Crippen LogP contribution < -0.4 is 5.32 Å². The molecule has 0 bridgehead atoms. The van der Waals surface area contributed by atoms with E-state index >= 15 is 0 Å². The first-order valence-electron chi connectivity index (χ1n) is 6.38. The van der Waals surface area contributed by atoms with Crippen LogP contribution in [0.3, 0.4) is 0 Å². The van der Waals surface area contributed by atoms with E-state index < -0.39 is 0 Å². The molecule has 0 spiro atoms. The molecule has 1 aromatic heterocycles. The van der Waals surface area contributed by atoms with E-state index in [0.29, 0.717) is 11.8 Å². The quantitative estimate of drug-likeness (QED) is 0.865. The van der Waals surface area contributed by atoms with Crippen LogP contribution in [0.5, 0.6) is 0 Å². The molecule has 0 aliphatic rings. The number of rotatable bonds is 6. The minimum absolute atomic E-state index is 0.0783. The van der Waals surface area contributed by atoms with Gasteiger partial charge in [-0.15, -0.1) is 10.2 Å². The van der Waals surface area contributed by atoms with Crippen LogP contribution in [-0.4, -0.2) is 24.4 Å². The second kappa shape index (κ2) is 6.45. The van der Waals surface area contributed by atoms with E-state index in [2.05, 4.69) is 22.4 Å². The second-order valence-electron chi connectivity index (χ2n) is 4.25. The molecule has 1 heterocycles. The van der Waals surface area contributed by atoms with Gasteiger partial charge in [0.05, 0.1) is 6.04 Å². The highest BCUT2D eigenvalue weighted by molar-refractivity contribution is 5.21. The maximum absolute atomic E-state index is 5.73. The summed E-state index contributed by atoms with van der Waals surface area (Å²) in [6.45, 7) is 2.07. The summed E-state index contributed by atoms with van der Waals surface area (Å²) >= 11 is 0. The summed E-state index contributed by atoms with van der Waals surface area (Å²) in [4.78, 5) is 0. The molecule has 5 nitrogen and oxygen atoms in total. The third kappa shape index (κ3) is 3.00. The molecule has 19 heavy (non-hydrogen) atoms. The molecule has 0 saturated carbocycles. The fourth-order valence-electron chi connectivity index (χ4n) is 2.00. The Morgan fingerprint density at radius 3 is 2.47 bits per heavy atom. The number of hydrogen-bond donors (Lipinski definition) is 1. The Hall–Kier alpha value is -1.72. The predicted octanol–water partition coefficient (Wildman–Crippen LogP) is 2.48. The summed E-state index contributed by atoms with van der Waals surface area (Å²) in [5, 5.41) is 11.3. The molecule has 1 aromatic carbocycles. The molecule has 102 valence electrons. The fourth-order valence-corrected chi connectivity index (χ4v) is 2.00. The third-order valence-corrected chi connectivity index (χ3v) is 3.07. The monoisotopic (exact) mass is 261 g/mol. The van der Waals surface area contributed by atoms with Gasteiger partial charge in [0.15, 0.2) is 6.10 Å². The van der Waals surface area contributed by atoms with Gasteiger partial charge in [0.25, 0.3) is 0 Å². The standard InChI is InChI=1S/C14H19N3O2/c1-4-11(15-2)13-16-17-14(19-13)12(18-3)10-8-6-5-7-9-10/h5-9,11-12,15H,4H2,1-3H3. The Bertz CT molecular complexity index is 494. The van der Waals surface area contributed by atoms with Gasteiger partial charge < -0.3 is 14.5 Å². The largest absolute Gasteiger partial charge is 0.420 e. The Kier molecular flexibility index (Phi) is 4.65. The summed E-state index contributed by atoms with van der Waals surface area (Å²) in [6.07, 6.45) is 0.568. The maximum atomic E-state index is 5.73. The minimum Gasteiger partial charge on any atom is -0.420 e. The number of hydrogen-bond acceptors (Lipinski definition) is 5. The number of ether oxygens (including phenoxy) is 1. The summed E-state index contributed by atoms with van der Waals surface area (Å²) in [6, 6.07) is 9.92. The molecule has 0 saturated heterocycles. The van der Waals surface area contributed by atoms with Gasteiger partial charge in [-0.25, -0.2) is 0 Å². The summed E-state index contributed by atoms with van der Waals surface area (Å²) < 4.78 is 11.2. The first-order valence-corrected chi connectivity index (χ1v) is 6.38. The Balaban J connectivity index is 2.25. The van der Waals surface area contributed by atoms with Crippen molar-refractivity contribution in [1.29, 1.82) is 0 Å². The van der Waals surface area contributed by atoms with Gasteiger partial charge in [0.2, 0.25) is 11.8 Å². The van der Waals surface area contributed by atoms with Crippen molar-refractivity contribution in [3.05, 3.63) is 47.7 Å². The number of benzene rings is 1. The number of nitrogens with one attached hydrogen (secondary N) is 1. The highest BCUT2D eigenvalue weighted by atomic mass is 16.5. The van der Waals surface area contributed by atoms with Crippen molar-refractivity contribution in [2.24, 2.45) is 0 Å². The van der Waals surface area contributed by atoms with Gasteiger partial charge in [-0.3, -0.25) is 0 Å². The van der Waals surface area contributed by atoms with Gasteiger partial charge >= 0.3 is 0 Å². The van der Waals surface area contributed by atoms with E-state index in [1.54, 1.807) is 7.11 Å². The van der Waals surface area contributed by atoms with Crippen LogP contribution >= 0.6 is 0 Å². The van der Waals surface area contributed by atoms with Crippen LogP contribution in [0.2, 0.25) is 0 Å². The van der Waals surface area contributed by atoms with Gasteiger partial charge in [0, 0.05) is 7.11 Å². The molecule has 0 aliphatic carbocycles. The van der Waals surface area contributed by atoms with Gasteiger partial charge in [-0.05, 0) is 19.0 Å². The SMILES string of the molecule is CCC(NC)c1nnc(C(OC)c2ccccc2)o1. The van der Waals surface area contributed by atoms with Gasteiger partial charge in [-0.2, -0.15) is 0 Å². The van der Waals surface area contributed by atoms with Crippen LogP contribution in [0.1, 0.15) is 42.8 Å². The molecule has 2 unspecified atom stereocenters. The predicted molar refractivity (Wildman–Crippen MR) is 71.7 cm³/mol. The van der Waals surface area contributed by atoms with E-state index in [1.807, 2.05) is 37.4 Å². The van der Waals surface area contributed by atoms with E-state index in [0.717, 1.165) is 12.0 Å². The molecule has 0 amide bonds. The molecule has 0 radical (unpaired) electrons. The first-order chi connectivity index (χ1) is 9.30. The van der Waals surface area contributed by atoms with Crippen molar-refractivity contribution in [2.75, 3.05) is 14.2 Å². The lowest BCUT2D eigenvalue weighted by Gasteiger charge is -2.11. The topological polar surface area (TPSA) is 60.2 Å². The van der Waals surface area contributed by atoms with Crippen LogP contribution in [0.4, 0.5) is 0 Å². The molecule has 0 fully saturated rings. The Morgan fingerprint density at radius 1 is 1.21 bits per heavy atom. The lowest BCUT2D eigenvalue weighted by molar-refractivity contribution is 0.109. The van der Waals surface area contributed by atoms with E-state index in [4.69, 9.17) is 9.15 Å². The zero-order chi connectivity index (χ0) is 13.7. The molecular formula is C14H19N3O2. The van der Waals surface area contributed by atoms with Gasteiger partial charge in [-0.1, -0.05) is 37.3 Å². The molecule has 2 rings (SSSR count). The van der Waals surface area contributed by atoms with Crippen molar-refractivity contribution < 1.29 is 9.15 Å². The minimum atomic E-state index is -0.322. The number of aromatic nitrogens is 2. The van der Waals surface area contributed by atoms with E-state index in [9.17, 15) is 0 Å². The average Bonchev–Trinajstić information content (AvgIpc) is 2.92. The first kappa shape index (κ1) is 13.7. The molecule has 2 atom stereocenters. The zero-order valence-corrected chi connectivity index (χ0v) is 11.5. The average molecular weight is 261 g/mol. The van der Waals surface area contributed by atoms with Crippen LogP contribution in [0.25, 0.3) is 0 Å². The van der Waals surface area contributed by atoms with Crippen LogP contribution in [0.15, 0.2) is 34.7 Å². The maximum Gasteiger partial charge on any atom is 0.249 e. The Morgan fingerprint density at radius 2 is 1.89 bits per heavy atom. The molecule has 1 N–H and O–H groups in total. The van der Waals surface area contributed by atoms with E-state index in [1.165, 1.54) is 0 Å². The fraction of sp³-hybridized carbons (Fsp3) is 0.429. The third-order valence-electron chi connectivity index (χ3n) is 3.07. The summed E-state index contributed by atoms with van der Waals surface area (Å²) in [7, 11) is 3.51. The molecule has 0 aliphatic heterocycles. The van der Waals surface area contributed by atoms with Crippen LogP contribution in [-0.2, 0) is 4.74 Å². The van der Waals surface area contributed by atoms with Crippen molar-refractivity contribution >= 4 is 0 Å². The smallest absolute Gasteiger partial charge is 0.249 e. The Labute approximate surface area is 113 Å². The zero-order valence-electron chi connectivity index (χ0n) is 11.5. The molecular weight excluding hydrogens is 242 g/mol. The normalized spacial score (nSPS) is 14.3. The lowest BCUT2D eigenvalue weighted by Crippen LogP contribution is -2.15. The highest BCUT2D eigenvalue weighted by Gasteiger charge is 2.22. The second-order valence-corrected chi connectivity index (χ2v) is 4.25. The number of methoxy groups -OCH3 is 1. The summed E-state index contributed by atoms with van der Waals surface area (Å²) in [5.41, 5.74) is 0.998. The molecule has 5 heteroatoms. The molecule has 2 aromatic rings. The van der Waals surface area contributed by atoms with Crippen molar-refractivity contribution in [3.63, 3.8) is 0 Å². The van der Waals surface area contributed by atoms with Crippen molar-refractivity contribution in [1.82, 2.24) is 15.5 Å². The number of nitrogens with zero attached hydrogens (tertiary/aromatic N) is 2. The van der Waals surface area contributed by atoms with Crippen molar-refractivity contribution in [3.8, 4) is 0 Å². The van der Waals surface area contributed by atoms with Gasteiger partial charge in [0.1, 0.15) is 0 Å². The highest BCUT2D eigenvalue weighted by Crippen LogP contribution is 2.25. The lowest BCUT2D eigenvalue weighted by atomic mass is 10.1.